The summed E-state index contributed by atoms with van der Waals surface area (Å²) in [5, 5.41) is 21.1. The zero-order chi connectivity index (χ0) is 19.6. The molecular formula is C20H28N2O5. The molecule has 1 saturated heterocycles. The minimum Gasteiger partial charge on any atom is -0.388 e. The first-order chi connectivity index (χ1) is 12.6. The van der Waals surface area contributed by atoms with Gasteiger partial charge in [-0.3, -0.25) is 9.13 Å². The molecule has 1 aromatic carbocycles. The number of aromatic nitrogens is 2. The average Bonchev–Trinajstić information content (AvgIpc) is 3.10. The second-order valence-corrected chi connectivity index (χ2v) is 8.78. The molecule has 0 aliphatic carbocycles. The average molecular weight is 376 g/mol. The molecule has 3 atom stereocenters. The van der Waals surface area contributed by atoms with Gasteiger partial charge in [0.05, 0.1) is 24.2 Å². The van der Waals surface area contributed by atoms with Crippen molar-refractivity contribution in [2.24, 2.45) is 0 Å². The van der Waals surface area contributed by atoms with Gasteiger partial charge < -0.3 is 19.7 Å². The van der Waals surface area contributed by atoms with Gasteiger partial charge in [-0.1, -0.05) is 26.0 Å². The van der Waals surface area contributed by atoms with Crippen molar-refractivity contribution in [1.82, 2.24) is 9.13 Å². The van der Waals surface area contributed by atoms with Crippen LogP contribution in [-0.4, -0.2) is 50.1 Å². The standard InChI is InChI=1S/C20H28N2O5/c1-19(2)8-9-21-16-12(19)6-5-7-13(16)22(18(21)25)10-14(23)17(24)15-11-26-20(3,4)27-15/h5-7,14-15,17,23-24H,8-11H2,1-4H3. The monoisotopic (exact) mass is 376 g/mol. The van der Waals surface area contributed by atoms with Gasteiger partial charge in [0.15, 0.2) is 5.79 Å². The van der Waals surface area contributed by atoms with Gasteiger partial charge in [-0.25, -0.2) is 4.79 Å². The minimum atomic E-state index is -1.14. The molecule has 2 aromatic rings. The summed E-state index contributed by atoms with van der Waals surface area (Å²) in [5.41, 5.74) is 2.72. The topological polar surface area (TPSA) is 85.9 Å². The molecule has 0 bridgehead atoms. The van der Waals surface area contributed by atoms with Crippen molar-refractivity contribution in [3.05, 3.63) is 34.2 Å². The zero-order valence-corrected chi connectivity index (χ0v) is 16.3. The summed E-state index contributed by atoms with van der Waals surface area (Å²) in [4.78, 5) is 13.0. The first kappa shape index (κ1) is 18.7. The van der Waals surface area contributed by atoms with Crippen LogP contribution in [0.4, 0.5) is 0 Å². The van der Waals surface area contributed by atoms with E-state index in [-0.39, 0.29) is 24.3 Å². The lowest BCUT2D eigenvalue weighted by Gasteiger charge is -2.30. The Labute approximate surface area is 158 Å². The van der Waals surface area contributed by atoms with Crippen LogP contribution in [-0.2, 0) is 28.0 Å². The number of aliphatic hydroxyl groups excluding tert-OH is 2. The summed E-state index contributed by atoms with van der Waals surface area (Å²) in [7, 11) is 0. The van der Waals surface area contributed by atoms with Crippen LogP contribution in [0.3, 0.4) is 0 Å². The van der Waals surface area contributed by atoms with E-state index in [1.807, 2.05) is 12.1 Å². The Balaban J connectivity index is 1.67. The smallest absolute Gasteiger partial charge is 0.329 e. The molecule has 7 nitrogen and oxygen atoms in total. The van der Waals surface area contributed by atoms with Gasteiger partial charge in [0, 0.05) is 6.54 Å². The number of nitrogens with zero attached hydrogens (tertiary/aromatic N) is 2. The number of imidazole rings is 1. The van der Waals surface area contributed by atoms with Gasteiger partial charge in [-0.15, -0.1) is 0 Å². The minimum absolute atomic E-state index is 0.00310. The highest BCUT2D eigenvalue weighted by Gasteiger charge is 2.40. The Morgan fingerprint density at radius 3 is 2.67 bits per heavy atom. The number of benzene rings is 1. The van der Waals surface area contributed by atoms with E-state index in [0.717, 1.165) is 23.0 Å². The van der Waals surface area contributed by atoms with E-state index in [1.165, 1.54) is 0 Å². The third-order valence-corrected chi connectivity index (χ3v) is 5.90. The van der Waals surface area contributed by atoms with Gasteiger partial charge in [-0.2, -0.15) is 0 Å². The Bertz CT molecular complexity index is 926. The molecule has 2 N–H and O–H groups in total. The highest BCUT2D eigenvalue weighted by Crippen LogP contribution is 2.37. The van der Waals surface area contributed by atoms with Crippen molar-refractivity contribution in [2.45, 2.75) is 76.7 Å². The first-order valence-corrected chi connectivity index (χ1v) is 9.51. The molecule has 0 spiro atoms. The van der Waals surface area contributed by atoms with E-state index in [2.05, 4.69) is 19.9 Å². The van der Waals surface area contributed by atoms with Gasteiger partial charge in [0.25, 0.3) is 0 Å². The SMILES string of the molecule is CC1(C)OCC(C(O)C(O)Cn2c(=O)n3c4c(cccc42)C(C)(C)CC3)O1. The molecule has 7 heteroatoms. The van der Waals surface area contributed by atoms with E-state index in [0.29, 0.717) is 6.54 Å². The van der Waals surface area contributed by atoms with Gasteiger partial charge in [0.2, 0.25) is 0 Å². The molecule has 3 heterocycles. The van der Waals surface area contributed by atoms with Crippen LogP contribution in [0.2, 0.25) is 0 Å². The Kier molecular flexibility index (Phi) is 4.27. The summed E-state index contributed by atoms with van der Waals surface area (Å²) in [6, 6.07) is 5.92. The van der Waals surface area contributed by atoms with E-state index in [4.69, 9.17) is 9.47 Å². The molecule has 2 aliphatic rings. The fraction of sp³-hybridized carbons (Fsp3) is 0.650. The van der Waals surface area contributed by atoms with Crippen molar-refractivity contribution in [1.29, 1.82) is 0 Å². The lowest BCUT2D eigenvalue weighted by Crippen LogP contribution is -2.43. The van der Waals surface area contributed by atoms with E-state index < -0.39 is 24.1 Å². The predicted molar refractivity (Wildman–Crippen MR) is 101 cm³/mol. The maximum absolute atomic E-state index is 13.0. The Morgan fingerprint density at radius 1 is 1.26 bits per heavy atom. The second kappa shape index (κ2) is 6.17. The van der Waals surface area contributed by atoms with Crippen molar-refractivity contribution >= 4 is 11.0 Å². The van der Waals surface area contributed by atoms with Crippen LogP contribution in [0.25, 0.3) is 11.0 Å². The predicted octanol–water partition coefficient (Wildman–Crippen LogP) is 1.36. The second-order valence-electron chi connectivity index (χ2n) is 8.78. The highest BCUT2D eigenvalue weighted by atomic mass is 16.7. The van der Waals surface area contributed by atoms with E-state index >= 15 is 0 Å². The number of para-hydroxylation sites is 1. The zero-order valence-electron chi connectivity index (χ0n) is 16.3. The fourth-order valence-corrected chi connectivity index (χ4v) is 4.26. The summed E-state index contributed by atoms with van der Waals surface area (Å²) in [6.07, 6.45) is -2.01. The van der Waals surface area contributed by atoms with Gasteiger partial charge in [-0.05, 0) is 37.3 Å². The van der Waals surface area contributed by atoms with Crippen molar-refractivity contribution in [2.75, 3.05) is 6.61 Å². The third-order valence-electron chi connectivity index (χ3n) is 5.90. The van der Waals surface area contributed by atoms with Crippen LogP contribution in [0, 0.1) is 0 Å². The number of aryl methyl sites for hydroxylation is 1. The Hall–Kier alpha value is -1.67. The van der Waals surface area contributed by atoms with Crippen molar-refractivity contribution in [3.63, 3.8) is 0 Å². The largest absolute Gasteiger partial charge is 0.388 e. The van der Waals surface area contributed by atoms with Crippen LogP contribution in [0.5, 0.6) is 0 Å². The molecule has 4 rings (SSSR count). The summed E-state index contributed by atoms with van der Waals surface area (Å²) in [5.74, 6) is -0.780. The summed E-state index contributed by atoms with van der Waals surface area (Å²) < 4.78 is 14.5. The molecular weight excluding hydrogens is 348 g/mol. The molecule has 148 valence electrons. The van der Waals surface area contributed by atoms with E-state index in [9.17, 15) is 15.0 Å². The fourth-order valence-electron chi connectivity index (χ4n) is 4.26. The Morgan fingerprint density at radius 2 is 2.00 bits per heavy atom. The van der Waals surface area contributed by atoms with Crippen LogP contribution < -0.4 is 5.69 Å². The maximum atomic E-state index is 13.0. The number of hydrogen-bond donors (Lipinski definition) is 2. The molecule has 3 unspecified atom stereocenters. The normalized spacial score (nSPS) is 25.6. The lowest BCUT2D eigenvalue weighted by molar-refractivity contribution is -0.161. The molecule has 0 saturated carbocycles. The molecule has 0 amide bonds. The number of rotatable bonds is 4. The van der Waals surface area contributed by atoms with Crippen LogP contribution >= 0.6 is 0 Å². The molecule has 1 fully saturated rings. The van der Waals surface area contributed by atoms with E-state index in [1.54, 1.807) is 23.0 Å². The maximum Gasteiger partial charge on any atom is 0.329 e. The molecule has 27 heavy (non-hydrogen) atoms. The highest BCUT2D eigenvalue weighted by molar-refractivity contribution is 5.81. The van der Waals surface area contributed by atoms with Crippen LogP contribution in [0.15, 0.2) is 23.0 Å². The summed E-state index contributed by atoms with van der Waals surface area (Å²) >= 11 is 0. The van der Waals surface area contributed by atoms with Crippen molar-refractivity contribution < 1.29 is 19.7 Å². The lowest BCUT2D eigenvalue weighted by atomic mass is 9.79. The molecule has 1 aromatic heterocycles. The molecule has 0 radical (unpaired) electrons. The third kappa shape index (κ3) is 3.02. The number of hydrogen-bond acceptors (Lipinski definition) is 5. The number of aliphatic hydroxyl groups is 2. The molecule has 2 aliphatic heterocycles. The number of ether oxygens (including phenoxy) is 2. The van der Waals surface area contributed by atoms with Gasteiger partial charge >= 0.3 is 5.69 Å². The quantitative estimate of drug-likeness (QED) is 0.842. The summed E-state index contributed by atoms with van der Waals surface area (Å²) in [6.45, 7) is 8.77. The first-order valence-electron chi connectivity index (χ1n) is 9.51. The van der Waals surface area contributed by atoms with Crippen molar-refractivity contribution in [3.8, 4) is 0 Å². The van der Waals surface area contributed by atoms with Crippen LogP contribution in [0.1, 0.15) is 39.7 Å². The van der Waals surface area contributed by atoms with Gasteiger partial charge in [0.1, 0.15) is 18.3 Å².